The van der Waals surface area contributed by atoms with Gasteiger partial charge in [-0.2, -0.15) is 0 Å². The van der Waals surface area contributed by atoms with Crippen LogP contribution in [0.5, 0.6) is 0 Å². The zero-order valence-corrected chi connectivity index (χ0v) is 12.8. The van der Waals surface area contributed by atoms with E-state index in [0.29, 0.717) is 17.9 Å². The lowest BCUT2D eigenvalue weighted by molar-refractivity contribution is -0.147. The summed E-state index contributed by atoms with van der Waals surface area (Å²) in [6.45, 7) is 5.30. The summed E-state index contributed by atoms with van der Waals surface area (Å²) in [6, 6.07) is 1.84. The molecule has 0 N–H and O–H groups in total. The summed E-state index contributed by atoms with van der Waals surface area (Å²) >= 11 is 0. The molecule has 1 atom stereocenters. The highest BCUT2D eigenvalue weighted by molar-refractivity contribution is 5.90. The van der Waals surface area contributed by atoms with E-state index in [1.807, 2.05) is 6.07 Å². The topological polar surface area (TPSA) is 65.5 Å². The van der Waals surface area contributed by atoms with Crippen molar-refractivity contribution in [3.63, 3.8) is 0 Å². The fourth-order valence-electron chi connectivity index (χ4n) is 2.66. The Morgan fingerprint density at radius 1 is 1.38 bits per heavy atom. The first-order valence-electron chi connectivity index (χ1n) is 7.37. The Morgan fingerprint density at radius 2 is 2.14 bits per heavy atom. The fourth-order valence-corrected chi connectivity index (χ4v) is 2.66. The van der Waals surface area contributed by atoms with Crippen molar-refractivity contribution >= 4 is 11.9 Å². The van der Waals surface area contributed by atoms with Gasteiger partial charge in [0.1, 0.15) is 6.10 Å². The van der Waals surface area contributed by atoms with Gasteiger partial charge in [-0.1, -0.05) is 0 Å². The molecule has 21 heavy (non-hydrogen) atoms. The zero-order valence-electron chi connectivity index (χ0n) is 12.8. The first-order valence-corrected chi connectivity index (χ1v) is 7.37. The van der Waals surface area contributed by atoms with E-state index in [1.165, 1.54) is 6.92 Å². The molecule has 0 bridgehead atoms. The number of fused-ring (bicyclic) bond motifs is 1. The van der Waals surface area contributed by atoms with Gasteiger partial charge < -0.3 is 9.47 Å². The number of hydrogen-bond acceptors (Lipinski definition) is 5. The second kappa shape index (κ2) is 6.70. The van der Waals surface area contributed by atoms with Crippen LogP contribution >= 0.6 is 0 Å². The van der Waals surface area contributed by atoms with Crippen LogP contribution in [0, 0.1) is 6.92 Å². The maximum absolute atomic E-state index is 11.9. The Bertz CT molecular complexity index is 553. The summed E-state index contributed by atoms with van der Waals surface area (Å²) < 4.78 is 10.4. The van der Waals surface area contributed by atoms with E-state index in [1.54, 1.807) is 13.8 Å². The van der Waals surface area contributed by atoms with E-state index >= 15 is 0 Å². The minimum Gasteiger partial charge on any atom is -0.462 e. The number of rotatable bonds is 3. The van der Waals surface area contributed by atoms with Crippen molar-refractivity contribution in [1.29, 1.82) is 0 Å². The van der Waals surface area contributed by atoms with Crippen LogP contribution in [0.1, 0.15) is 66.5 Å². The Morgan fingerprint density at radius 3 is 2.81 bits per heavy atom. The third-order valence-electron chi connectivity index (χ3n) is 3.60. The monoisotopic (exact) mass is 291 g/mol. The van der Waals surface area contributed by atoms with Crippen LogP contribution in [-0.4, -0.2) is 23.5 Å². The molecule has 0 aromatic carbocycles. The second-order valence-corrected chi connectivity index (χ2v) is 5.23. The second-order valence-electron chi connectivity index (χ2n) is 5.23. The van der Waals surface area contributed by atoms with Gasteiger partial charge in [0, 0.05) is 6.92 Å². The minimum absolute atomic E-state index is 0.304. The van der Waals surface area contributed by atoms with Crippen LogP contribution in [0.4, 0.5) is 0 Å². The van der Waals surface area contributed by atoms with Crippen molar-refractivity contribution in [1.82, 2.24) is 4.98 Å². The largest absolute Gasteiger partial charge is 0.462 e. The van der Waals surface area contributed by atoms with Crippen LogP contribution in [0.25, 0.3) is 0 Å². The van der Waals surface area contributed by atoms with Crippen molar-refractivity contribution in [2.45, 2.75) is 52.6 Å². The number of aryl methyl sites for hydroxylation is 2. The standard InChI is InChI=1S/C16H21NO4/c1-4-20-16(19)13-9-12-7-5-6-8-14(21-11(3)18)15(12)17-10(13)2/h9,14H,4-8H2,1-3H3. The van der Waals surface area contributed by atoms with Crippen molar-refractivity contribution < 1.29 is 19.1 Å². The van der Waals surface area contributed by atoms with Crippen molar-refractivity contribution in [3.8, 4) is 0 Å². The number of hydrogen-bond donors (Lipinski definition) is 0. The van der Waals surface area contributed by atoms with E-state index < -0.39 is 0 Å². The molecule has 1 aliphatic carbocycles. The molecule has 1 aliphatic rings. The maximum Gasteiger partial charge on any atom is 0.339 e. The molecule has 5 heteroatoms. The Balaban J connectivity index is 2.40. The summed E-state index contributed by atoms with van der Waals surface area (Å²) in [4.78, 5) is 27.7. The highest BCUT2D eigenvalue weighted by atomic mass is 16.5. The Kier molecular flexibility index (Phi) is 4.94. The van der Waals surface area contributed by atoms with Gasteiger partial charge in [-0.05, 0) is 51.2 Å². The first-order chi connectivity index (χ1) is 10.0. The number of ether oxygens (including phenoxy) is 2. The van der Waals surface area contributed by atoms with Gasteiger partial charge in [0.2, 0.25) is 0 Å². The van der Waals surface area contributed by atoms with Crippen LogP contribution in [-0.2, 0) is 20.7 Å². The van der Waals surface area contributed by atoms with Crippen LogP contribution in [0.15, 0.2) is 6.07 Å². The number of esters is 2. The first kappa shape index (κ1) is 15.5. The number of carbonyl (C=O) groups is 2. The molecule has 114 valence electrons. The molecule has 0 aliphatic heterocycles. The van der Waals surface area contributed by atoms with Gasteiger partial charge in [0.25, 0.3) is 0 Å². The average Bonchev–Trinajstić information content (AvgIpc) is 2.60. The number of pyridine rings is 1. The summed E-state index contributed by atoms with van der Waals surface area (Å²) in [5.74, 6) is -0.652. The number of aromatic nitrogens is 1. The quantitative estimate of drug-likeness (QED) is 0.633. The summed E-state index contributed by atoms with van der Waals surface area (Å²) in [5, 5.41) is 0. The van der Waals surface area contributed by atoms with Gasteiger partial charge in [0.05, 0.1) is 23.6 Å². The molecule has 1 unspecified atom stereocenters. The van der Waals surface area contributed by atoms with E-state index in [2.05, 4.69) is 4.98 Å². The number of nitrogens with zero attached hydrogens (tertiary/aromatic N) is 1. The lowest BCUT2D eigenvalue weighted by Gasteiger charge is -2.18. The average molecular weight is 291 g/mol. The summed E-state index contributed by atoms with van der Waals surface area (Å²) in [5.41, 5.74) is 2.88. The molecule has 1 aromatic rings. The SMILES string of the molecule is CCOC(=O)c1cc2c(nc1C)C(OC(C)=O)CCCC2. The van der Waals surface area contributed by atoms with E-state index in [-0.39, 0.29) is 18.0 Å². The molecule has 0 spiro atoms. The molecule has 0 radical (unpaired) electrons. The van der Waals surface area contributed by atoms with Gasteiger partial charge in [-0.25, -0.2) is 4.79 Å². The van der Waals surface area contributed by atoms with E-state index in [9.17, 15) is 9.59 Å². The van der Waals surface area contributed by atoms with Crippen molar-refractivity contribution in [2.75, 3.05) is 6.61 Å². The van der Waals surface area contributed by atoms with E-state index in [0.717, 1.165) is 36.9 Å². The molecular formula is C16H21NO4. The third-order valence-corrected chi connectivity index (χ3v) is 3.60. The predicted molar refractivity (Wildman–Crippen MR) is 77.0 cm³/mol. The fraction of sp³-hybridized carbons (Fsp3) is 0.562. The molecule has 5 nitrogen and oxygen atoms in total. The third kappa shape index (κ3) is 3.60. The smallest absolute Gasteiger partial charge is 0.339 e. The highest BCUT2D eigenvalue weighted by Gasteiger charge is 2.25. The maximum atomic E-state index is 11.9. The van der Waals surface area contributed by atoms with Crippen LogP contribution < -0.4 is 0 Å². The van der Waals surface area contributed by atoms with Gasteiger partial charge >= 0.3 is 11.9 Å². The number of carbonyl (C=O) groups excluding carboxylic acids is 2. The van der Waals surface area contributed by atoms with Crippen molar-refractivity contribution in [3.05, 3.63) is 28.6 Å². The normalized spacial score (nSPS) is 17.6. The molecule has 0 saturated heterocycles. The Hall–Kier alpha value is -1.91. The molecule has 2 rings (SSSR count). The van der Waals surface area contributed by atoms with Crippen LogP contribution in [0.3, 0.4) is 0 Å². The van der Waals surface area contributed by atoms with E-state index in [4.69, 9.17) is 9.47 Å². The molecule has 0 fully saturated rings. The summed E-state index contributed by atoms with van der Waals surface area (Å²) in [7, 11) is 0. The molecule has 1 heterocycles. The Labute approximate surface area is 124 Å². The van der Waals surface area contributed by atoms with Gasteiger partial charge in [-0.3, -0.25) is 9.78 Å². The lowest BCUT2D eigenvalue weighted by Crippen LogP contribution is -2.15. The highest BCUT2D eigenvalue weighted by Crippen LogP contribution is 2.31. The zero-order chi connectivity index (χ0) is 15.4. The minimum atomic E-state index is -0.349. The van der Waals surface area contributed by atoms with Gasteiger partial charge in [0.15, 0.2) is 0 Å². The summed E-state index contributed by atoms with van der Waals surface area (Å²) in [6.07, 6.45) is 3.28. The van der Waals surface area contributed by atoms with Crippen molar-refractivity contribution in [2.24, 2.45) is 0 Å². The van der Waals surface area contributed by atoms with Crippen LogP contribution in [0.2, 0.25) is 0 Å². The molecule has 0 amide bonds. The molecule has 0 saturated carbocycles. The van der Waals surface area contributed by atoms with Gasteiger partial charge in [-0.15, -0.1) is 0 Å². The molecule has 1 aromatic heterocycles. The molecular weight excluding hydrogens is 270 g/mol. The predicted octanol–water partition coefficient (Wildman–Crippen LogP) is 2.90. The lowest BCUT2D eigenvalue weighted by atomic mass is 10.0.